The fourth-order valence-electron chi connectivity index (χ4n) is 3.69. The highest BCUT2D eigenvalue weighted by atomic mass is 16.5. The Morgan fingerprint density at radius 2 is 1.83 bits per heavy atom. The van der Waals surface area contributed by atoms with Gasteiger partial charge >= 0.3 is 0 Å². The molecule has 23 heavy (non-hydrogen) atoms. The van der Waals surface area contributed by atoms with Gasteiger partial charge in [0.2, 0.25) is 0 Å². The number of nitrogens with zero attached hydrogens (tertiary/aromatic N) is 1. The average Bonchev–Trinajstić information content (AvgIpc) is 2.59. The summed E-state index contributed by atoms with van der Waals surface area (Å²) in [6.45, 7) is 3.52. The molecular weight excluding hydrogens is 294 g/mol. The third kappa shape index (κ3) is 3.62. The van der Waals surface area contributed by atoms with Gasteiger partial charge in [0.25, 0.3) is 0 Å². The van der Waals surface area contributed by atoms with Crippen molar-refractivity contribution in [2.24, 2.45) is 0 Å². The molecule has 0 saturated carbocycles. The number of piperidine rings is 1. The quantitative estimate of drug-likeness (QED) is 0.921. The number of likely N-dealkylation sites (tertiary alicyclic amines) is 1. The zero-order valence-corrected chi connectivity index (χ0v) is 14.1. The summed E-state index contributed by atoms with van der Waals surface area (Å²) < 4.78 is 16.7. The average molecular weight is 321 g/mol. The molecule has 1 N–H and O–H groups in total. The minimum atomic E-state index is -0.310. The molecule has 0 radical (unpaired) electrons. The van der Waals surface area contributed by atoms with Crippen LogP contribution in [0.3, 0.4) is 0 Å². The second-order valence-electron chi connectivity index (χ2n) is 6.57. The van der Waals surface area contributed by atoms with Gasteiger partial charge in [-0.3, -0.25) is 4.90 Å². The minimum Gasteiger partial charge on any atom is -0.497 e. The summed E-state index contributed by atoms with van der Waals surface area (Å²) in [5.41, 5.74) is 0.878. The molecule has 0 bridgehead atoms. The molecule has 1 unspecified atom stereocenters. The van der Waals surface area contributed by atoms with Crippen LogP contribution in [0.4, 0.5) is 0 Å². The first kappa shape index (κ1) is 16.6. The van der Waals surface area contributed by atoms with Crippen LogP contribution < -0.4 is 9.47 Å². The number of methoxy groups -OCH3 is 2. The molecule has 5 heteroatoms. The molecule has 0 aromatic heterocycles. The molecule has 2 aliphatic rings. The first-order valence-electron chi connectivity index (χ1n) is 8.41. The van der Waals surface area contributed by atoms with E-state index in [9.17, 15) is 5.11 Å². The molecule has 5 nitrogen and oxygen atoms in total. The Morgan fingerprint density at radius 3 is 2.39 bits per heavy atom. The van der Waals surface area contributed by atoms with Crippen LogP contribution in [0.15, 0.2) is 18.2 Å². The van der Waals surface area contributed by atoms with Gasteiger partial charge < -0.3 is 19.3 Å². The van der Waals surface area contributed by atoms with Crippen LogP contribution in [-0.4, -0.2) is 55.6 Å². The van der Waals surface area contributed by atoms with Gasteiger partial charge in [0, 0.05) is 32.3 Å². The normalized spacial score (nSPS) is 24.6. The molecule has 1 aromatic carbocycles. The molecule has 1 atom stereocenters. The summed E-state index contributed by atoms with van der Waals surface area (Å²) >= 11 is 0. The second kappa shape index (κ2) is 7.07. The van der Waals surface area contributed by atoms with Crippen LogP contribution in [0.25, 0.3) is 0 Å². The third-order valence-electron chi connectivity index (χ3n) is 5.14. The highest BCUT2D eigenvalue weighted by molar-refractivity contribution is 5.38. The van der Waals surface area contributed by atoms with Crippen molar-refractivity contribution in [3.63, 3.8) is 0 Å². The highest BCUT2D eigenvalue weighted by Crippen LogP contribution is 2.35. The maximum absolute atomic E-state index is 10.3. The first-order chi connectivity index (χ1) is 11.1. The van der Waals surface area contributed by atoms with Gasteiger partial charge in [-0.25, -0.2) is 0 Å². The van der Waals surface area contributed by atoms with E-state index in [2.05, 4.69) is 17.0 Å². The molecule has 2 heterocycles. The van der Waals surface area contributed by atoms with Gasteiger partial charge in [0.15, 0.2) is 0 Å². The van der Waals surface area contributed by atoms with Crippen LogP contribution in [0.1, 0.15) is 31.2 Å². The predicted octanol–water partition coefficient (Wildman–Crippen LogP) is 2.21. The Bertz CT molecular complexity index is 504. The number of ether oxygens (including phenoxy) is 3. The molecule has 128 valence electrons. The standard InChI is InChI=1S/C18H27NO4/c1-21-15-10-14(11-16(12-15)22-2)13-19-7-5-18(6-8-19)17(20)4-3-9-23-18/h10-12,17,20H,3-9,13H2,1-2H3. The van der Waals surface area contributed by atoms with Crippen molar-refractivity contribution in [3.8, 4) is 11.5 Å². The maximum atomic E-state index is 10.3. The predicted molar refractivity (Wildman–Crippen MR) is 88.0 cm³/mol. The Morgan fingerprint density at radius 1 is 1.17 bits per heavy atom. The molecule has 2 aliphatic heterocycles. The fourth-order valence-corrected chi connectivity index (χ4v) is 3.69. The lowest BCUT2D eigenvalue weighted by molar-refractivity contribution is -0.177. The third-order valence-corrected chi connectivity index (χ3v) is 5.14. The number of aliphatic hydroxyl groups excluding tert-OH is 1. The summed E-state index contributed by atoms with van der Waals surface area (Å²) in [7, 11) is 3.34. The lowest BCUT2D eigenvalue weighted by Gasteiger charge is -2.46. The monoisotopic (exact) mass is 321 g/mol. The largest absolute Gasteiger partial charge is 0.497 e. The Balaban J connectivity index is 1.62. The summed E-state index contributed by atoms with van der Waals surface area (Å²) in [6, 6.07) is 6.00. The smallest absolute Gasteiger partial charge is 0.122 e. The maximum Gasteiger partial charge on any atom is 0.122 e. The highest BCUT2D eigenvalue weighted by Gasteiger charge is 2.43. The number of hydrogen-bond acceptors (Lipinski definition) is 5. The van der Waals surface area contributed by atoms with Crippen LogP contribution in [0, 0.1) is 0 Å². The van der Waals surface area contributed by atoms with Gasteiger partial charge in [-0.1, -0.05) is 0 Å². The number of hydrogen-bond donors (Lipinski definition) is 1. The van der Waals surface area contributed by atoms with E-state index >= 15 is 0 Å². The van der Waals surface area contributed by atoms with Crippen molar-refractivity contribution < 1.29 is 19.3 Å². The van der Waals surface area contributed by atoms with Crippen molar-refractivity contribution in [3.05, 3.63) is 23.8 Å². The Hall–Kier alpha value is -1.30. The van der Waals surface area contributed by atoms with E-state index in [4.69, 9.17) is 14.2 Å². The van der Waals surface area contributed by atoms with Crippen LogP contribution in [0.2, 0.25) is 0 Å². The Kier molecular flexibility index (Phi) is 5.09. The van der Waals surface area contributed by atoms with E-state index in [1.54, 1.807) is 14.2 Å². The first-order valence-corrected chi connectivity index (χ1v) is 8.41. The molecule has 0 amide bonds. The van der Waals surface area contributed by atoms with Gasteiger partial charge in [-0.15, -0.1) is 0 Å². The van der Waals surface area contributed by atoms with Gasteiger partial charge in [-0.05, 0) is 43.4 Å². The topological polar surface area (TPSA) is 51.2 Å². The number of rotatable bonds is 4. The minimum absolute atomic E-state index is 0.305. The van der Waals surface area contributed by atoms with Crippen LogP contribution in [0.5, 0.6) is 11.5 Å². The molecule has 3 rings (SSSR count). The van der Waals surface area contributed by atoms with Crippen molar-refractivity contribution in [2.45, 2.75) is 43.9 Å². The van der Waals surface area contributed by atoms with Crippen molar-refractivity contribution >= 4 is 0 Å². The van der Waals surface area contributed by atoms with Gasteiger partial charge in [0.05, 0.1) is 25.9 Å². The summed E-state index contributed by atoms with van der Waals surface area (Å²) in [4.78, 5) is 2.41. The summed E-state index contributed by atoms with van der Waals surface area (Å²) in [5.74, 6) is 1.64. The summed E-state index contributed by atoms with van der Waals surface area (Å²) in [6.07, 6.45) is 3.32. The fraction of sp³-hybridized carbons (Fsp3) is 0.667. The molecule has 0 aliphatic carbocycles. The lowest BCUT2D eigenvalue weighted by Crippen LogP contribution is -2.55. The van der Waals surface area contributed by atoms with Crippen molar-refractivity contribution in [2.75, 3.05) is 33.9 Å². The van der Waals surface area contributed by atoms with E-state index in [0.717, 1.165) is 63.4 Å². The SMILES string of the molecule is COc1cc(CN2CCC3(CC2)OCCCC3O)cc(OC)c1. The summed E-state index contributed by atoms with van der Waals surface area (Å²) in [5, 5.41) is 10.3. The molecule has 1 aromatic rings. The molecular formula is C18H27NO4. The number of benzene rings is 1. The van der Waals surface area contributed by atoms with Crippen LogP contribution >= 0.6 is 0 Å². The Labute approximate surface area is 138 Å². The van der Waals surface area contributed by atoms with Gasteiger partial charge in [-0.2, -0.15) is 0 Å². The molecule has 2 saturated heterocycles. The van der Waals surface area contributed by atoms with E-state index in [1.165, 1.54) is 5.56 Å². The van der Waals surface area contributed by atoms with E-state index in [1.807, 2.05) is 6.07 Å². The number of aliphatic hydroxyl groups is 1. The zero-order valence-electron chi connectivity index (χ0n) is 14.1. The lowest BCUT2D eigenvalue weighted by atomic mass is 9.82. The van der Waals surface area contributed by atoms with E-state index in [0.29, 0.717) is 0 Å². The van der Waals surface area contributed by atoms with E-state index in [-0.39, 0.29) is 11.7 Å². The molecule has 1 spiro atoms. The van der Waals surface area contributed by atoms with E-state index < -0.39 is 0 Å². The van der Waals surface area contributed by atoms with Gasteiger partial charge in [0.1, 0.15) is 11.5 Å². The van der Waals surface area contributed by atoms with Crippen molar-refractivity contribution in [1.29, 1.82) is 0 Å². The molecule has 2 fully saturated rings. The van der Waals surface area contributed by atoms with Crippen LogP contribution in [-0.2, 0) is 11.3 Å². The van der Waals surface area contributed by atoms with Crippen molar-refractivity contribution in [1.82, 2.24) is 4.90 Å². The zero-order chi connectivity index (χ0) is 16.3. The second-order valence-corrected chi connectivity index (χ2v) is 6.57.